The van der Waals surface area contributed by atoms with Gasteiger partial charge in [0.25, 0.3) is 0 Å². The molecular formula is C20H22ClIN4O2. The van der Waals surface area contributed by atoms with Gasteiger partial charge in [0.15, 0.2) is 9.65 Å². The number of aromatic nitrogens is 2. The predicted molar refractivity (Wildman–Crippen MR) is 118 cm³/mol. The van der Waals surface area contributed by atoms with Gasteiger partial charge in [-0.3, -0.25) is 0 Å². The first-order valence-electron chi connectivity index (χ1n) is 8.70. The molecule has 0 saturated heterocycles. The van der Waals surface area contributed by atoms with Crippen LogP contribution in [-0.4, -0.2) is 21.7 Å². The minimum atomic E-state index is -0.709. The number of nitrogens with zero attached hydrogens (tertiary/aromatic N) is 4. The molecule has 0 aliphatic rings. The predicted octanol–water partition coefficient (Wildman–Crippen LogP) is 6.11. The van der Waals surface area contributed by atoms with Crippen molar-refractivity contribution in [3.05, 3.63) is 43.9 Å². The molecule has 0 atom stereocenters. The van der Waals surface area contributed by atoms with Crippen molar-refractivity contribution in [2.45, 2.75) is 53.1 Å². The first-order valence-corrected chi connectivity index (χ1v) is 10.2. The Kier molecular flexibility index (Phi) is 6.88. The molecule has 8 heteroatoms. The van der Waals surface area contributed by atoms with Gasteiger partial charge in [0, 0.05) is 28.2 Å². The second-order valence-corrected chi connectivity index (χ2v) is 8.98. The number of carbonyl (C=O) groups excluding carboxylic acids is 1. The Labute approximate surface area is 184 Å². The molecule has 1 aromatic heterocycles. The number of ether oxygens (including phenoxy) is 1. The molecule has 6 nitrogen and oxygen atoms in total. The SMILES string of the molecule is Cc1cc(C#N)cc(N(C(=O)OC(C)(C)C)c2nc(I)nc(Cl)c2C(C)C)c1. The zero-order valence-corrected chi connectivity index (χ0v) is 19.6. The fourth-order valence-electron chi connectivity index (χ4n) is 2.65. The van der Waals surface area contributed by atoms with Crippen LogP contribution >= 0.6 is 34.2 Å². The Bertz CT molecular complexity index is 948. The van der Waals surface area contributed by atoms with Crippen molar-refractivity contribution >= 4 is 51.8 Å². The Morgan fingerprint density at radius 1 is 1.29 bits per heavy atom. The van der Waals surface area contributed by atoms with Crippen LogP contribution in [-0.2, 0) is 4.74 Å². The van der Waals surface area contributed by atoms with Crippen molar-refractivity contribution in [1.82, 2.24) is 9.97 Å². The molecule has 1 aromatic carbocycles. The highest BCUT2D eigenvalue weighted by Gasteiger charge is 2.30. The molecule has 0 radical (unpaired) electrons. The fourth-order valence-corrected chi connectivity index (χ4v) is 3.65. The molecule has 148 valence electrons. The van der Waals surface area contributed by atoms with E-state index in [0.717, 1.165) is 5.56 Å². The third-order valence-corrected chi connectivity index (χ3v) is 4.44. The van der Waals surface area contributed by atoms with Gasteiger partial charge in [-0.2, -0.15) is 5.26 Å². The van der Waals surface area contributed by atoms with Gasteiger partial charge >= 0.3 is 6.09 Å². The molecular weight excluding hydrogens is 491 g/mol. The molecule has 0 spiro atoms. The van der Waals surface area contributed by atoms with E-state index in [4.69, 9.17) is 16.3 Å². The van der Waals surface area contributed by atoms with Crippen LogP contribution in [0.15, 0.2) is 18.2 Å². The fraction of sp³-hybridized carbons (Fsp3) is 0.400. The number of amides is 1. The van der Waals surface area contributed by atoms with Gasteiger partial charge in [0.1, 0.15) is 10.8 Å². The number of rotatable bonds is 3. The topological polar surface area (TPSA) is 79.1 Å². The lowest BCUT2D eigenvalue weighted by molar-refractivity contribution is 0.0598. The summed E-state index contributed by atoms with van der Waals surface area (Å²) in [6, 6.07) is 7.30. The van der Waals surface area contributed by atoms with E-state index in [1.807, 2.05) is 43.4 Å². The van der Waals surface area contributed by atoms with Gasteiger partial charge in [-0.15, -0.1) is 0 Å². The number of carbonyl (C=O) groups is 1. The van der Waals surface area contributed by atoms with Crippen molar-refractivity contribution in [2.24, 2.45) is 0 Å². The summed E-state index contributed by atoms with van der Waals surface area (Å²) in [5.74, 6) is 0.313. The standard InChI is InChI=1S/C20H22ClIN4O2/c1-11(2)15-16(21)24-18(22)25-17(15)26(19(27)28-20(4,5)6)14-8-12(3)7-13(9-14)10-23/h7-9,11H,1-6H3. The molecule has 2 rings (SSSR count). The van der Waals surface area contributed by atoms with Crippen LogP contribution in [0.2, 0.25) is 5.15 Å². The highest BCUT2D eigenvalue weighted by Crippen LogP contribution is 2.37. The van der Waals surface area contributed by atoms with Crippen LogP contribution in [0.25, 0.3) is 0 Å². The van der Waals surface area contributed by atoms with E-state index in [1.165, 1.54) is 4.90 Å². The minimum Gasteiger partial charge on any atom is -0.443 e. The van der Waals surface area contributed by atoms with Crippen LogP contribution in [0.3, 0.4) is 0 Å². The molecule has 28 heavy (non-hydrogen) atoms. The van der Waals surface area contributed by atoms with E-state index in [2.05, 4.69) is 16.0 Å². The van der Waals surface area contributed by atoms with Gasteiger partial charge in [-0.25, -0.2) is 19.7 Å². The van der Waals surface area contributed by atoms with E-state index in [-0.39, 0.29) is 11.1 Å². The van der Waals surface area contributed by atoms with Crippen LogP contribution in [0, 0.1) is 22.1 Å². The number of aryl methyl sites for hydroxylation is 1. The summed E-state index contributed by atoms with van der Waals surface area (Å²) in [5.41, 5.74) is 1.68. The maximum atomic E-state index is 13.2. The number of anilines is 2. The first kappa shape index (κ1) is 22.4. The first-order chi connectivity index (χ1) is 12.9. The maximum absolute atomic E-state index is 13.2. The molecule has 0 saturated carbocycles. The summed E-state index contributed by atoms with van der Waals surface area (Å²) in [6.45, 7) is 11.1. The highest BCUT2D eigenvalue weighted by atomic mass is 127. The summed E-state index contributed by atoms with van der Waals surface area (Å²) in [4.78, 5) is 23.3. The quantitative estimate of drug-likeness (QED) is 0.282. The lowest BCUT2D eigenvalue weighted by Crippen LogP contribution is -2.35. The Hall–Kier alpha value is -1.92. The summed E-state index contributed by atoms with van der Waals surface area (Å²) in [5, 5.41) is 9.65. The van der Waals surface area contributed by atoms with Crippen LogP contribution in [0.4, 0.5) is 16.3 Å². The van der Waals surface area contributed by atoms with Crippen LogP contribution in [0.1, 0.15) is 57.2 Å². The normalized spacial score (nSPS) is 11.3. The van der Waals surface area contributed by atoms with Crippen LogP contribution in [0.5, 0.6) is 0 Å². The third kappa shape index (κ3) is 5.32. The van der Waals surface area contributed by atoms with Gasteiger partial charge in [0.2, 0.25) is 0 Å². The summed E-state index contributed by atoms with van der Waals surface area (Å²) in [7, 11) is 0. The zero-order chi connectivity index (χ0) is 21.2. The highest BCUT2D eigenvalue weighted by molar-refractivity contribution is 14.1. The molecule has 0 bridgehead atoms. The average Bonchev–Trinajstić information content (AvgIpc) is 2.51. The Morgan fingerprint density at radius 2 is 1.93 bits per heavy atom. The van der Waals surface area contributed by atoms with Crippen molar-refractivity contribution in [1.29, 1.82) is 5.26 Å². The molecule has 0 fully saturated rings. The molecule has 0 N–H and O–H groups in total. The second kappa shape index (κ2) is 8.62. The Balaban J connectivity index is 2.79. The van der Waals surface area contributed by atoms with E-state index in [9.17, 15) is 10.1 Å². The van der Waals surface area contributed by atoms with Crippen molar-refractivity contribution in [3.63, 3.8) is 0 Å². The number of hydrogen-bond donors (Lipinski definition) is 0. The molecule has 1 heterocycles. The number of hydrogen-bond acceptors (Lipinski definition) is 5. The van der Waals surface area contributed by atoms with Crippen LogP contribution < -0.4 is 4.90 Å². The van der Waals surface area contributed by atoms with E-state index in [0.29, 0.717) is 26.5 Å². The van der Waals surface area contributed by atoms with Gasteiger partial charge in [0.05, 0.1) is 17.3 Å². The smallest absolute Gasteiger partial charge is 0.420 e. The summed E-state index contributed by atoms with van der Waals surface area (Å²) in [6.07, 6.45) is -0.602. The van der Waals surface area contributed by atoms with Gasteiger partial charge < -0.3 is 4.74 Å². The molecule has 0 aliphatic carbocycles. The molecule has 1 amide bonds. The maximum Gasteiger partial charge on any atom is 0.420 e. The van der Waals surface area contributed by atoms with Gasteiger partial charge in [-0.1, -0.05) is 25.4 Å². The van der Waals surface area contributed by atoms with E-state index >= 15 is 0 Å². The van der Waals surface area contributed by atoms with Crippen molar-refractivity contribution in [3.8, 4) is 6.07 Å². The second-order valence-electron chi connectivity index (χ2n) is 7.66. The number of nitriles is 1. The third-order valence-electron chi connectivity index (χ3n) is 3.67. The minimum absolute atomic E-state index is 0.0373. The molecule has 0 aliphatic heterocycles. The number of benzene rings is 1. The van der Waals surface area contributed by atoms with E-state index < -0.39 is 11.7 Å². The summed E-state index contributed by atoms with van der Waals surface area (Å²) >= 11 is 8.36. The van der Waals surface area contributed by atoms with Crippen molar-refractivity contribution < 1.29 is 9.53 Å². The largest absolute Gasteiger partial charge is 0.443 e. The molecule has 2 aromatic rings. The Morgan fingerprint density at radius 3 is 2.46 bits per heavy atom. The monoisotopic (exact) mass is 512 g/mol. The lowest BCUT2D eigenvalue weighted by Gasteiger charge is -2.29. The average molecular weight is 513 g/mol. The molecule has 0 unspecified atom stereocenters. The number of halogens is 2. The van der Waals surface area contributed by atoms with E-state index in [1.54, 1.807) is 39.0 Å². The summed E-state index contributed by atoms with van der Waals surface area (Å²) < 4.78 is 6.04. The zero-order valence-electron chi connectivity index (χ0n) is 16.7. The van der Waals surface area contributed by atoms with Crippen molar-refractivity contribution in [2.75, 3.05) is 4.90 Å². The lowest BCUT2D eigenvalue weighted by atomic mass is 10.0. The van der Waals surface area contributed by atoms with Gasteiger partial charge in [-0.05, 0) is 57.4 Å².